The molecule has 0 aromatic carbocycles. The third kappa shape index (κ3) is 7.99. The van der Waals surface area contributed by atoms with Gasteiger partial charge in [0.25, 0.3) is 0 Å². The van der Waals surface area contributed by atoms with Gasteiger partial charge in [0.2, 0.25) is 0 Å². The molecule has 0 saturated carbocycles. The number of esters is 1. The molecular formula is C12H25NO2S. The highest BCUT2D eigenvalue weighted by molar-refractivity contribution is 8.00. The molecule has 0 saturated heterocycles. The number of carbonyl (C=O) groups excluding carboxylic acids is 1. The van der Waals surface area contributed by atoms with Crippen molar-refractivity contribution in [1.29, 1.82) is 0 Å². The van der Waals surface area contributed by atoms with Crippen LogP contribution in [0.4, 0.5) is 0 Å². The molecule has 96 valence electrons. The number of carbonyl (C=O) groups is 1. The summed E-state index contributed by atoms with van der Waals surface area (Å²) in [6.07, 6.45) is 1.86. The maximum Gasteiger partial charge on any atom is 0.322 e. The fourth-order valence-electron chi connectivity index (χ4n) is 1.25. The second-order valence-corrected chi connectivity index (χ2v) is 6.70. The zero-order valence-corrected chi connectivity index (χ0v) is 11.9. The largest absolute Gasteiger partial charge is 0.468 e. The molecule has 0 amide bonds. The second-order valence-electron chi connectivity index (χ2n) is 4.78. The highest BCUT2D eigenvalue weighted by Gasteiger charge is 2.19. The topological polar surface area (TPSA) is 38.3 Å². The Hall–Kier alpha value is -0.220. The van der Waals surface area contributed by atoms with E-state index >= 15 is 0 Å². The Bertz CT molecular complexity index is 202. The molecule has 1 atom stereocenters. The second kappa shape index (κ2) is 7.96. The lowest BCUT2D eigenvalue weighted by Crippen LogP contribution is -2.38. The van der Waals surface area contributed by atoms with Gasteiger partial charge >= 0.3 is 5.97 Å². The Balaban J connectivity index is 3.96. The molecule has 0 aliphatic carbocycles. The van der Waals surface area contributed by atoms with E-state index in [2.05, 4.69) is 33.0 Å². The zero-order valence-electron chi connectivity index (χ0n) is 11.1. The first-order chi connectivity index (χ1) is 7.40. The molecule has 1 N–H and O–H groups in total. The summed E-state index contributed by atoms with van der Waals surface area (Å²) in [7, 11) is 1.44. The first-order valence-electron chi connectivity index (χ1n) is 5.86. The van der Waals surface area contributed by atoms with Crippen LogP contribution in [0, 0.1) is 0 Å². The van der Waals surface area contributed by atoms with E-state index in [4.69, 9.17) is 4.74 Å². The van der Waals surface area contributed by atoms with Crippen LogP contribution in [-0.2, 0) is 9.53 Å². The van der Waals surface area contributed by atoms with Crippen LogP contribution >= 0.6 is 11.8 Å². The molecule has 16 heavy (non-hydrogen) atoms. The van der Waals surface area contributed by atoms with Crippen LogP contribution in [0.15, 0.2) is 0 Å². The van der Waals surface area contributed by atoms with E-state index < -0.39 is 0 Å². The lowest BCUT2D eigenvalue weighted by molar-refractivity contribution is -0.143. The molecule has 0 aliphatic heterocycles. The number of ether oxygens (including phenoxy) is 1. The van der Waals surface area contributed by atoms with Crippen LogP contribution in [0.2, 0.25) is 0 Å². The van der Waals surface area contributed by atoms with Gasteiger partial charge in [-0.2, -0.15) is 11.8 Å². The van der Waals surface area contributed by atoms with Gasteiger partial charge in [-0.1, -0.05) is 27.7 Å². The van der Waals surface area contributed by atoms with E-state index in [0.717, 1.165) is 25.1 Å². The fraction of sp³-hybridized carbons (Fsp3) is 0.917. The molecule has 0 bridgehead atoms. The van der Waals surface area contributed by atoms with Crippen molar-refractivity contribution in [1.82, 2.24) is 5.32 Å². The van der Waals surface area contributed by atoms with Gasteiger partial charge in [0, 0.05) is 4.75 Å². The number of nitrogens with one attached hydrogen (secondary N) is 1. The van der Waals surface area contributed by atoms with E-state index in [1.807, 2.05) is 11.8 Å². The Morgan fingerprint density at radius 2 is 2.06 bits per heavy atom. The van der Waals surface area contributed by atoms with Gasteiger partial charge in [0.1, 0.15) is 6.04 Å². The van der Waals surface area contributed by atoms with Gasteiger partial charge in [-0.3, -0.25) is 4.79 Å². The van der Waals surface area contributed by atoms with Gasteiger partial charge in [-0.05, 0) is 25.1 Å². The molecule has 0 aliphatic rings. The van der Waals surface area contributed by atoms with E-state index in [1.54, 1.807) is 0 Å². The van der Waals surface area contributed by atoms with Crippen molar-refractivity contribution in [3.63, 3.8) is 0 Å². The predicted octanol–water partition coefficient (Wildman–Crippen LogP) is 2.45. The standard InChI is InChI=1S/C12H25NO2S/c1-6-8-13-10(11(14)15-5)7-9-16-12(2,3)4/h10,13H,6-9H2,1-5H3. The minimum absolute atomic E-state index is 0.150. The van der Waals surface area contributed by atoms with Crippen molar-refractivity contribution in [2.24, 2.45) is 0 Å². The van der Waals surface area contributed by atoms with Crippen LogP contribution in [-0.4, -0.2) is 36.2 Å². The Labute approximate surface area is 104 Å². The van der Waals surface area contributed by atoms with Crippen LogP contribution in [0.25, 0.3) is 0 Å². The monoisotopic (exact) mass is 247 g/mol. The third-order valence-corrected chi connectivity index (χ3v) is 3.37. The molecule has 0 rings (SSSR count). The Morgan fingerprint density at radius 1 is 1.44 bits per heavy atom. The highest BCUT2D eigenvalue weighted by Crippen LogP contribution is 2.24. The van der Waals surface area contributed by atoms with Gasteiger partial charge in [0.15, 0.2) is 0 Å². The van der Waals surface area contributed by atoms with Gasteiger partial charge in [-0.15, -0.1) is 0 Å². The van der Waals surface area contributed by atoms with E-state index in [-0.39, 0.29) is 16.8 Å². The fourth-order valence-corrected chi connectivity index (χ4v) is 2.21. The predicted molar refractivity (Wildman–Crippen MR) is 70.9 cm³/mol. The molecule has 4 heteroatoms. The van der Waals surface area contributed by atoms with Crippen molar-refractivity contribution in [2.75, 3.05) is 19.4 Å². The van der Waals surface area contributed by atoms with Crippen molar-refractivity contribution in [2.45, 2.75) is 51.3 Å². The number of rotatable bonds is 7. The van der Waals surface area contributed by atoms with E-state index in [1.165, 1.54) is 7.11 Å². The Morgan fingerprint density at radius 3 is 2.50 bits per heavy atom. The number of hydrogen-bond donors (Lipinski definition) is 1. The third-order valence-electron chi connectivity index (χ3n) is 2.07. The van der Waals surface area contributed by atoms with E-state index in [0.29, 0.717) is 0 Å². The average Bonchev–Trinajstić information content (AvgIpc) is 2.20. The van der Waals surface area contributed by atoms with E-state index in [9.17, 15) is 4.79 Å². The van der Waals surface area contributed by atoms with Crippen LogP contribution in [0.3, 0.4) is 0 Å². The lowest BCUT2D eigenvalue weighted by atomic mass is 10.2. The SMILES string of the molecule is CCCNC(CCSC(C)(C)C)C(=O)OC. The molecule has 0 radical (unpaired) electrons. The summed E-state index contributed by atoms with van der Waals surface area (Å²) < 4.78 is 5.04. The molecular weight excluding hydrogens is 222 g/mol. The van der Waals surface area contributed by atoms with Crippen molar-refractivity contribution in [3.05, 3.63) is 0 Å². The summed E-state index contributed by atoms with van der Waals surface area (Å²) in [5, 5.41) is 3.22. The molecule has 0 fully saturated rings. The van der Waals surface area contributed by atoms with Crippen molar-refractivity contribution >= 4 is 17.7 Å². The van der Waals surface area contributed by atoms with Crippen LogP contribution in [0.1, 0.15) is 40.5 Å². The summed E-state index contributed by atoms with van der Waals surface area (Å²) in [4.78, 5) is 11.5. The molecule has 0 aromatic heterocycles. The molecule has 0 spiro atoms. The number of methoxy groups -OCH3 is 1. The van der Waals surface area contributed by atoms with Gasteiger partial charge < -0.3 is 10.1 Å². The first-order valence-corrected chi connectivity index (χ1v) is 6.84. The molecule has 0 heterocycles. The minimum atomic E-state index is -0.153. The smallest absolute Gasteiger partial charge is 0.322 e. The summed E-state index contributed by atoms with van der Waals surface area (Å²) in [5.74, 6) is 0.822. The van der Waals surface area contributed by atoms with Crippen molar-refractivity contribution in [3.8, 4) is 0 Å². The first kappa shape index (κ1) is 15.8. The summed E-state index contributed by atoms with van der Waals surface area (Å²) >= 11 is 1.88. The Kier molecular flexibility index (Phi) is 7.85. The molecule has 3 nitrogen and oxygen atoms in total. The number of hydrogen-bond acceptors (Lipinski definition) is 4. The molecule has 1 unspecified atom stereocenters. The average molecular weight is 247 g/mol. The highest BCUT2D eigenvalue weighted by atomic mass is 32.2. The van der Waals surface area contributed by atoms with Gasteiger partial charge in [0.05, 0.1) is 7.11 Å². The maximum atomic E-state index is 11.5. The summed E-state index contributed by atoms with van der Waals surface area (Å²) in [6.45, 7) is 9.50. The van der Waals surface area contributed by atoms with Gasteiger partial charge in [-0.25, -0.2) is 0 Å². The van der Waals surface area contributed by atoms with Crippen LogP contribution < -0.4 is 5.32 Å². The van der Waals surface area contributed by atoms with Crippen molar-refractivity contribution < 1.29 is 9.53 Å². The summed E-state index contributed by atoms with van der Waals surface area (Å²) in [6, 6.07) is -0.153. The quantitative estimate of drug-likeness (QED) is 0.701. The summed E-state index contributed by atoms with van der Waals surface area (Å²) in [5.41, 5.74) is 0. The molecule has 0 aromatic rings. The lowest BCUT2D eigenvalue weighted by Gasteiger charge is -2.20. The normalized spacial score (nSPS) is 13.6. The minimum Gasteiger partial charge on any atom is -0.468 e. The number of thioether (sulfide) groups is 1. The maximum absolute atomic E-state index is 11.5. The zero-order chi connectivity index (χ0) is 12.6. The van der Waals surface area contributed by atoms with Crippen LogP contribution in [0.5, 0.6) is 0 Å².